The standard InChI is InChI=1S/C20H23N3O4/c1-13-10-23(11-14(2)27-13)19-6-3-15(8-21-19)9-22-20(24)16-4-5-17-18(7-16)26-12-25-17/h3-8,13-14H,9-12H2,1-2H3,(H,22,24)/t13-,14+. The van der Waals surface area contributed by atoms with Crippen molar-refractivity contribution in [3.05, 3.63) is 47.7 Å². The van der Waals surface area contributed by atoms with Crippen molar-refractivity contribution in [3.63, 3.8) is 0 Å². The largest absolute Gasteiger partial charge is 0.454 e. The summed E-state index contributed by atoms with van der Waals surface area (Å²) in [7, 11) is 0. The van der Waals surface area contributed by atoms with Gasteiger partial charge in [-0.2, -0.15) is 0 Å². The molecule has 0 bridgehead atoms. The van der Waals surface area contributed by atoms with Crippen molar-refractivity contribution in [1.82, 2.24) is 10.3 Å². The number of nitrogens with one attached hydrogen (secondary N) is 1. The second kappa shape index (κ2) is 7.44. The average Bonchev–Trinajstić information content (AvgIpc) is 3.13. The Morgan fingerprint density at radius 1 is 1.15 bits per heavy atom. The number of pyridine rings is 1. The van der Waals surface area contributed by atoms with Gasteiger partial charge < -0.3 is 24.4 Å². The van der Waals surface area contributed by atoms with E-state index in [0.29, 0.717) is 23.6 Å². The van der Waals surface area contributed by atoms with Crippen LogP contribution in [0.3, 0.4) is 0 Å². The van der Waals surface area contributed by atoms with Crippen molar-refractivity contribution in [2.75, 3.05) is 24.8 Å². The predicted octanol–water partition coefficient (Wildman–Crippen LogP) is 2.35. The van der Waals surface area contributed by atoms with Gasteiger partial charge in [0.05, 0.1) is 12.2 Å². The minimum absolute atomic E-state index is 0.159. The molecule has 2 aliphatic heterocycles. The number of carbonyl (C=O) groups is 1. The molecule has 1 N–H and O–H groups in total. The van der Waals surface area contributed by atoms with E-state index < -0.39 is 0 Å². The van der Waals surface area contributed by atoms with Crippen LogP contribution < -0.4 is 19.7 Å². The Labute approximate surface area is 158 Å². The molecular formula is C20H23N3O4. The fraction of sp³-hybridized carbons (Fsp3) is 0.400. The lowest BCUT2D eigenvalue weighted by Gasteiger charge is -2.36. The van der Waals surface area contributed by atoms with Crippen LogP contribution in [0.2, 0.25) is 0 Å². The highest BCUT2D eigenvalue weighted by molar-refractivity contribution is 5.94. The van der Waals surface area contributed by atoms with Crippen molar-refractivity contribution in [2.45, 2.75) is 32.6 Å². The predicted molar refractivity (Wildman–Crippen MR) is 100 cm³/mol. The van der Waals surface area contributed by atoms with Crippen molar-refractivity contribution >= 4 is 11.7 Å². The van der Waals surface area contributed by atoms with Gasteiger partial charge in [-0.05, 0) is 43.7 Å². The first-order chi connectivity index (χ1) is 13.1. The Kier molecular flexibility index (Phi) is 4.85. The van der Waals surface area contributed by atoms with Gasteiger partial charge in [0.2, 0.25) is 6.79 Å². The lowest BCUT2D eigenvalue weighted by Crippen LogP contribution is -2.45. The quantitative estimate of drug-likeness (QED) is 0.892. The van der Waals surface area contributed by atoms with E-state index in [2.05, 4.69) is 29.0 Å². The molecule has 1 amide bonds. The number of anilines is 1. The van der Waals surface area contributed by atoms with E-state index in [-0.39, 0.29) is 24.9 Å². The number of morpholine rings is 1. The van der Waals surface area contributed by atoms with Crippen LogP contribution in [0.25, 0.3) is 0 Å². The normalized spacial score (nSPS) is 21.2. The topological polar surface area (TPSA) is 72.9 Å². The summed E-state index contributed by atoms with van der Waals surface area (Å²) in [5, 5.41) is 2.91. The first kappa shape index (κ1) is 17.6. The fourth-order valence-corrected chi connectivity index (χ4v) is 3.40. The van der Waals surface area contributed by atoms with Crippen molar-refractivity contribution in [1.29, 1.82) is 0 Å². The summed E-state index contributed by atoms with van der Waals surface area (Å²) < 4.78 is 16.3. The van der Waals surface area contributed by atoms with E-state index >= 15 is 0 Å². The molecule has 27 heavy (non-hydrogen) atoms. The van der Waals surface area contributed by atoms with Gasteiger partial charge in [-0.3, -0.25) is 4.79 Å². The molecule has 1 fully saturated rings. The number of carbonyl (C=O) groups excluding carboxylic acids is 1. The number of ether oxygens (including phenoxy) is 3. The molecule has 2 aliphatic rings. The monoisotopic (exact) mass is 369 g/mol. The Hall–Kier alpha value is -2.80. The molecule has 2 atom stereocenters. The summed E-state index contributed by atoms with van der Waals surface area (Å²) in [6.07, 6.45) is 2.19. The van der Waals surface area contributed by atoms with Crippen molar-refractivity contribution < 1.29 is 19.0 Å². The van der Waals surface area contributed by atoms with Crippen LogP contribution in [0.5, 0.6) is 11.5 Å². The third kappa shape index (κ3) is 3.98. The van der Waals surface area contributed by atoms with E-state index in [4.69, 9.17) is 14.2 Å². The molecule has 0 radical (unpaired) electrons. The Bertz CT molecular complexity index is 814. The number of hydrogen-bond acceptors (Lipinski definition) is 6. The molecule has 142 valence electrons. The van der Waals surface area contributed by atoms with Gasteiger partial charge in [-0.1, -0.05) is 6.07 Å². The Morgan fingerprint density at radius 2 is 1.93 bits per heavy atom. The number of rotatable bonds is 4. The van der Waals surface area contributed by atoms with Crippen LogP contribution >= 0.6 is 0 Å². The summed E-state index contributed by atoms with van der Waals surface area (Å²) >= 11 is 0. The van der Waals surface area contributed by atoms with Crippen LogP contribution in [-0.4, -0.2) is 43.0 Å². The Balaban J connectivity index is 1.35. The van der Waals surface area contributed by atoms with Gasteiger partial charge in [0.15, 0.2) is 11.5 Å². The average molecular weight is 369 g/mol. The Morgan fingerprint density at radius 3 is 2.67 bits per heavy atom. The maximum atomic E-state index is 12.4. The molecule has 0 spiro atoms. The molecule has 1 saturated heterocycles. The summed E-state index contributed by atoms with van der Waals surface area (Å²) in [5.41, 5.74) is 1.49. The summed E-state index contributed by atoms with van der Waals surface area (Å²) in [6.45, 7) is 6.41. The molecule has 1 aromatic heterocycles. The minimum Gasteiger partial charge on any atom is -0.454 e. The third-order valence-electron chi connectivity index (χ3n) is 4.64. The summed E-state index contributed by atoms with van der Waals surface area (Å²) in [4.78, 5) is 19.1. The SMILES string of the molecule is C[C@@H]1CN(c2ccc(CNC(=O)c3ccc4c(c3)OCO4)cn2)C[C@H](C)O1. The zero-order valence-corrected chi connectivity index (χ0v) is 15.5. The highest BCUT2D eigenvalue weighted by Gasteiger charge is 2.23. The zero-order valence-electron chi connectivity index (χ0n) is 15.5. The highest BCUT2D eigenvalue weighted by Crippen LogP contribution is 2.32. The van der Waals surface area contributed by atoms with Gasteiger partial charge in [0.1, 0.15) is 5.82 Å². The zero-order chi connectivity index (χ0) is 18.8. The lowest BCUT2D eigenvalue weighted by atomic mass is 10.2. The molecule has 3 heterocycles. The van der Waals surface area contributed by atoms with E-state index in [0.717, 1.165) is 24.5 Å². The van der Waals surface area contributed by atoms with Gasteiger partial charge in [-0.15, -0.1) is 0 Å². The first-order valence-corrected chi connectivity index (χ1v) is 9.11. The molecule has 1 aromatic carbocycles. The number of fused-ring (bicyclic) bond motifs is 1. The number of benzene rings is 1. The maximum Gasteiger partial charge on any atom is 0.251 e. The van der Waals surface area contributed by atoms with Crippen molar-refractivity contribution in [2.24, 2.45) is 0 Å². The van der Waals surface area contributed by atoms with Crippen LogP contribution in [0, 0.1) is 0 Å². The second-order valence-electron chi connectivity index (χ2n) is 6.94. The van der Waals surface area contributed by atoms with E-state index in [1.165, 1.54) is 0 Å². The van der Waals surface area contributed by atoms with Crippen LogP contribution in [0.4, 0.5) is 5.82 Å². The molecule has 0 aliphatic carbocycles. The van der Waals surface area contributed by atoms with Crippen LogP contribution in [0.1, 0.15) is 29.8 Å². The molecule has 7 nitrogen and oxygen atoms in total. The van der Waals surface area contributed by atoms with Crippen molar-refractivity contribution in [3.8, 4) is 11.5 Å². The minimum atomic E-state index is -0.159. The molecule has 0 saturated carbocycles. The summed E-state index contributed by atoms with van der Waals surface area (Å²) in [5.74, 6) is 2.04. The summed E-state index contributed by atoms with van der Waals surface area (Å²) in [6, 6.07) is 9.16. The maximum absolute atomic E-state index is 12.4. The van der Waals surface area contributed by atoms with Gasteiger partial charge in [0, 0.05) is 31.4 Å². The fourth-order valence-electron chi connectivity index (χ4n) is 3.40. The van der Waals surface area contributed by atoms with Gasteiger partial charge in [-0.25, -0.2) is 4.98 Å². The molecule has 2 aromatic rings. The molecule has 4 rings (SSSR count). The van der Waals surface area contributed by atoms with E-state index in [1.807, 2.05) is 12.1 Å². The molecule has 0 unspecified atom stereocenters. The molecular weight excluding hydrogens is 346 g/mol. The van der Waals surface area contributed by atoms with E-state index in [9.17, 15) is 4.79 Å². The van der Waals surface area contributed by atoms with Crippen LogP contribution in [0.15, 0.2) is 36.5 Å². The van der Waals surface area contributed by atoms with Gasteiger partial charge >= 0.3 is 0 Å². The van der Waals surface area contributed by atoms with Crippen LogP contribution in [-0.2, 0) is 11.3 Å². The number of nitrogens with zero attached hydrogens (tertiary/aromatic N) is 2. The highest BCUT2D eigenvalue weighted by atomic mass is 16.7. The number of amides is 1. The number of aromatic nitrogens is 1. The first-order valence-electron chi connectivity index (χ1n) is 9.11. The lowest BCUT2D eigenvalue weighted by molar-refractivity contribution is -0.00546. The van der Waals surface area contributed by atoms with Gasteiger partial charge in [0.25, 0.3) is 5.91 Å². The number of hydrogen-bond donors (Lipinski definition) is 1. The molecule has 7 heteroatoms. The second-order valence-corrected chi connectivity index (χ2v) is 6.94. The van der Waals surface area contributed by atoms with E-state index in [1.54, 1.807) is 24.4 Å². The smallest absolute Gasteiger partial charge is 0.251 e. The third-order valence-corrected chi connectivity index (χ3v) is 4.64.